The van der Waals surface area contributed by atoms with Crippen molar-refractivity contribution in [2.75, 3.05) is 19.3 Å². The molecule has 0 bridgehead atoms. The third-order valence-corrected chi connectivity index (χ3v) is 6.16. The van der Waals surface area contributed by atoms with Gasteiger partial charge in [-0.3, -0.25) is 0 Å². The summed E-state index contributed by atoms with van der Waals surface area (Å²) in [6, 6.07) is 17.9. The lowest BCUT2D eigenvalue weighted by atomic mass is 9.86. The van der Waals surface area contributed by atoms with Gasteiger partial charge in [-0.2, -0.15) is 0 Å². The standard InChI is InChI=1S/C24H31N3/c1-27(21-13-14-22-18(17-21)9-7-11-23(22)25)15-6-2-3-10-20-16-19-8-4-5-12-24(19)26-20/h4-5,7-9,11-12,16,21,26H,2-3,6,10,13-15,17,25H2,1H3. The van der Waals surface area contributed by atoms with E-state index in [0.717, 1.165) is 24.9 Å². The molecule has 4 rings (SSSR count). The minimum atomic E-state index is 0.660. The minimum Gasteiger partial charge on any atom is -0.398 e. The van der Waals surface area contributed by atoms with E-state index >= 15 is 0 Å². The second kappa shape index (κ2) is 8.18. The molecule has 27 heavy (non-hydrogen) atoms. The fraction of sp³-hybridized carbons (Fsp3) is 0.417. The van der Waals surface area contributed by atoms with Crippen LogP contribution in [0.3, 0.4) is 0 Å². The molecule has 3 N–H and O–H groups in total. The summed E-state index contributed by atoms with van der Waals surface area (Å²) >= 11 is 0. The SMILES string of the molecule is CN(CCCCCc1cc2ccccc2[nH]1)C1CCc2c(N)cccc2C1. The second-order valence-corrected chi connectivity index (χ2v) is 8.05. The van der Waals surface area contributed by atoms with Crippen molar-refractivity contribution in [1.82, 2.24) is 9.88 Å². The fourth-order valence-corrected chi connectivity index (χ4v) is 4.50. The zero-order valence-electron chi connectivity index (χ0n) is 16.4. The number of nitrogen functional groups attached to an aromatic ring is 1. The zero-order chi connectivity index (χ0) is 18.6. The number of para-hydroxylation sites is 1. The summed E-state index contributed by atoms with van der Waals surface area (Å²) in [6.07, 6.45) is 8.46. The van der Waals surface area contributed by atoms with E-state index in [1.165, 1.54) is 60.0 Å². The van der Waals surface area contributed by atoms with Crippen molar-refractivity contribution in [3.8, 4) is 0 Å². The number of aromatic amines is 1. The second-order valence-electron chi connectivity index (χ2n) is 8.05. The van der Waals surface area contributed by atoms with Gasteiger partial charge in [-0.1, -0.05) is 36.8 Å². The molecule has 0 spiro atoms. The lowest BCUT2D eigenvalue weighted by molar-refractivity contribution is 0.217. The Bertz CT molecular complexity index is 863. The number of nitrogens with zero attached hydrogens (tertiary/aromatic N) is 1. The lowest BCUT2D eigenvalue weighted by Gasteiger charge is -2.33. The highest BCUT2D eigenvalue weighted by Gasteiger charge is 2.22. The van der Waals surface area contributed by atoms with Crippen LogP contribution in [0.25, 0.3) is 10.9 Å². The van der Waals surface area contributed by atoms with Crippen LogP contribution >= 0.6 is 0 Å². The lowest BCUT2D eigenvalue weighted by Crippen LogP contribution is -2.37. The van der Waals surface area contributed by atoms with Crippen LogP contribution in [0, 0.1) is 0 Å². The Morgan fingerprint density at radius 3 is 2.85 bits per heavy atom. The van der Waals surface area contributed by atoms with Crippen LogP contribution in [-0.2, 0) is 19.3 Å². The average molecular weight is 362 g/mol. The number of anilines is 1. The maximum atomic E-state index is 6.13. The van der Waals surface area contributed by atoms with Crippen molar-refractivity contribution in [2.24, 2.45) is 0 Å². The fourth-order valence-electron chi connectivity index (χ4n) is 4.50. The van der Waals surface area contributed by atoms with E-state index in [-0.39, 0.29) is 0 Å². The molecular weight excluding hydrogens is 330 g/mol. The molecule has 1 aliphatic rings. The highest BCUT2D eigenvalue weighted by molar-refractivity contribution is 5.80. The van der Waals surface area contributed by atoms with E-state index in [4.69, 9.17) is 5.73 Å². The molecule has 0 saturated carbocycles. The van der Waals surface area contributed by atoms with Crippen molar-refractivity contribution in [1.29, 1.82) is 0 Å². The molecule has 1 aliphatic carbocycles. The van der Waals surface area contributed by atoms with Gasteiger partial charge < -0.3 is 15.6 Å². The highest BCUT2D eigenvalue weighted by atomic mass is 15.1. The van der Waals surface area contributed by atoms with Gasteiger partial charge in [-0.25, -0.2) is 0 Å². The van der Waals surface area contributed by atoms with E-state index in [2.05, 4.69) is 59.4 Å². The monoisotopic (exact) mass is 361 g/mol. The van der Waals surface area contributed by atoms with Gasteiger partial charge >= 0.3 is 0 Å². The van der Waals surface area contributed by atoms with Crippen molar-refractivity contribution >= 4 is 16.6 Å². The van der Waals surface area contributed by atoms with Crippen LogP contribution in [0.4, 0.5) is 5.69 Å². The molecule has 3 aromatic rings. The van der Waals surface area contributed by atoms with Crippen LogP contribution < -0.4 is 5.73 Å². The Kier molecular flexibility index (Phi) is 5.49. The van der Waals surface area contributed by atoms with E-state index in [1.807, 2.05) is 6.07 Å². The number of hydrogen-bond donors (Lipinski definition) is 2. The summed E-state index contributed by atoms with van der Waals surface area (Å²) in [5.74, 6) is 0. The quantitative estimate of drug-likeness (QED) is 0.462. The number of unbranched alkanes of at least 4 members (excludes halogenated alkanes) is 2. The number of nitrogens with one attached hydrogen (secondary N) is 1. The number of fused-ring (bicyclic) bond motifs is 2. The van der Waals surface area contributed by atoms with Crippen molar-refractivity contribution in [2.45, 2.75) is 51.0 Å². The topological polar surface area (TPSA) is 45.0 Å². The summed E-state index contributed by atoms with van der Waals surface area (Å²) in [4.78, 5) is 6.10. The normalized spacial score (nSPS) is 16.7. The molecule has 2 aromatic carbocycles. The number of benzene rings is 2. The Balaban J connectivity index is 1.20. The Labute approximate surface area is 162 Å². The van der Waals surface area contributed by atoms with Crippen LogP contribution in [0.15, 0.2) is 48.5 Å². The van der Waals surface area contributed by atoms with Gasteiger partial charge in [0.15, 0.2) is 0 Å². The Morgan fingerprint density at radius 1 is 1.07 bits per heavy atom. The van der Waals surface area contributed by atoms with Gasteiger partial charge in [0.1, 0.15) is 0 Å². The number of rotatable bonds is 7. The first-order chi connectivity index (χ1) is 13.2. The molecule has 0 radical (unpaired) electrons. The van der Waals surface area contributed by atoms with Gasteiger partial charge in [-0.05, 0) is 86.8 Å². The molecule has 1 heterocycles. The molecule has 142 valence electrons. The van der Waals surface area contributed by atoms with Gasteiger partial charge in [-0.15, -0.1) is 0 Å². The molecule has 3 heteroatoms. The zero-order valence-corrected chi connectivity index (χ0v) is 16.4. The number of aryl methyl sites for hydroxylation is 1. The molecule has 1 atom stereocenters. The smallest absolute Gasteiger partial charge is 0.0456 e. The van der Waals surface area contributed by atoms with Gasteiger partial charge in [0.25, 0.3) is 0 Å². The maximum absolute atomic E-state index is 6.13. The number of nitrogens with two attached hydrogens (primary N) is 1. The maximum Gasteiger partial charge on any atom is 0.0456 e. The molecule has 1 unspecified atom stereocenters. The number of hydrogen-bond acceptors (Lipinski definition) is 2. The molecule has 3 nitrogen and oxygen atoms in total. The summed E-state index contributed by atoms with van der Waals surface area (Å²) < 4.78 is 0. The van der Waals surface area contributed by atoms with Crippen LogP contribution in [0.1, 0.15) is 42.5 Å². The first-order valence-electron chi connectivity index (χ1n) is 10.3. The summed E-state index contributed by atoms with van der Waals surface area (Å²) in [5, 5.41) is 1.32. The predicted molar refractivity (Wildman–Crippen MR) is 115 cm³/mol. The van der Waals surface area contributed by atoms with Crippen LogP contribution in [-0.4, -0.2) is 29.5 Å². The highest BCUT2D eigenvalue weighted by Crippen LogP contribution is 2.28. The van der Waals surface area contributed by atoms with Gasteiger partial charge in [0.2, 0.25) is 0 Å². The van der Waals surface area contributed by atoms with Crippen molar-refractivity contribution in [3.63, 3.8) is 0 Å². The van der Waals surface area contributed by atoms with Gasteiger partial charge in [0, 0.05) is 22.9 Å². The van der Waals surface area contributed by atoms with E-state index < -0.39 is 0 Å². The van der Waals surface area contributed by atoms with Crippen molar-refractivity contribution < 1.29 is 0 Å². The summed E-state index contributed by atoms with van der Waals surface area (Å²) in [7, 11) is 2.29. The molecule has 0 aliphatic heterocycles. The Morgan fingerprint density at radius 2 is 1.96 bits per heavy atom. The van der Waals surface area contributed by atoms with E-state index in [0.29, 0.717) is 6.04 Å². The van der Waals surface area contributed by atoms with Crippen LogP contribution in [0.5, 0.6) is 0 Å². The van der Waals surface area contributed by atoms with Crippen LogP contribution in [0.2, 0.25) is 0 Å². The molecule has 0 fully saturated rings. The largest absolute Gasteiger partial charge is 0.398 e. The number of likely N-dealkylation sites (N-methyl/N-ethyl adjacent to an activating group) is 1. The van der Waals surface area contributed by atoms with E-state index in [9.17, 15) is 0 Å². The third kappa shape index (κ3) is 4.19. The van der Waals surface area contributed by atoms with Gasteiger partial charge in [0.05, 0.1) is 0 Å². The number of aromatic nitrogens is 1. The minimum absolute atomic E-state index is 0.660. The van der Waals surface area contributed by atoms with Crippen molar-refractivity contribution in [3.05, 3.63) is 65.4 Å². The third-order valence-electron chi connectivity index (χ3n) is 6.16. The Hall–Kier alpha value is -2.26. The molecular formula is C24H31N3. The summed E-state index contributed by atoms with van der Waals surface area (Å²) in [5.41, 5.74) is 12.6. The molecule has 0 saturated heterocycles. The molecule has 0 amide bonds. The molecule has 1 aromatic heterocycles. The predicted octanol–water partition coefficient (Wildman–Crippen LogP) is 4.95. The number of H-pyrrole nitrogens is 1. The van der Waals surface area contributed by atoms with E-state index in [1.54, 1.807) is 0 Å². The average Bonchev–Trinajstić information content (AvgIpc) is 3.10. The first-order valence-corrected chi connectivity index (χ1v) is 10.3. The first kappa shape index (κ1) is 18.1. The summed E-state index contributed by atoms with van der Waals surface area (Å²) in [6.45, 7) is 1.19.